The van der Waals surface area contributed by atoms with Gasteiger partial charge >= 0.3 is 12.2 Å². The molecule has 17 nitrogen and oxygen atoms in total. The highest BCUT2D eigenvalue weighted by Gasteiger charge is 2.41. The number of likely N-dealkylation sites (N-methyl/N-ethyl adjacent to an activating group) is 1. The SMILES string of the molecule is COC(=O)NC(C(=O)N1CCC[C@H]1c1ncc(-c2ccc3nc(-c4ccc(-c5cnc([C@@H]6CCCN6C(=O)[C@H](C(C)C)N(C)C(=O)O)[nH]5)cc4)cnc3c2)[nH]1)C1CCOCC1. The molecule has 3 saturated heterocycles. The van der Waals surface area contributed by atoms with Gasteiger partial charge in [0.1, 0.15) is 23.7 Å². The second-order valence-electron chi connectivity index (χ2n) is 16.4. The summed E-state index contributed by atoms with van der Waals surface area (Å²) in [6.45, 7) is 5.93. The first-order valence-corrected chi connectivity index (χ1v) is 21.0. The van der Waals surface area contributed by atoms with Crippen LogP contribution in [0.15, 0.2) is 61.1 Å². The van der Waals surface area contributed by atoms with Crippen molar-refractivity contribution < 1.29 is 33.8 Å². The van der Waals surface area contributed by atoms with Gasteiger partial charge in [0.05, 0.1) is 65.9 Å². The van der Waals surface area contributed by atoms with Crippen LogP contribution in [-0.2, 0) is 19.1 Å². The molecule has 3 aliphatic rings. The van der Waals surface area contributed by atoms with Crippen LogP contribution in [0.1, 0.15) is 76.1 Å². The zero-order valence-corrected chi connectivity index (χ0v) is 34.8. The number of aromatic nitrogens is 6. The Hall–Kier alpha value is -6.36. The van der Waals surface area contributed by atoms with E-state index in [4.69, 9.17) is 24.4 Å². The van der Waals surface area contributed by atoms with Crippen molar-refractivity contribution in [3.8, 4) is 33.8 Å². The van der Waals surface area contributed by atoms with Crippen LogP contribution in [0.4, 0.5) is 9.59 Å². The summed E-state index contributed by atoms with van der Waals surface area (Å²) < 4.78 is 10.4. The molecule has 0 spiro atoms. The third kappa shape index (κ3) is 8.51. The van der Waals surface area contributed by atoms with E-state index in [0.29, 0.717) is 50.8 Å². The van der Waals surface area contributed by atoms with Gasteiger partial charge in [-0.1, -0.05) is 44.2 Å². The number of benzene rings is 2. The maximum atomic E-state index is 14.0. The third-order valence-electron chi connectivity index (χ3n) is 12.3. The number of ether oxygens (including phenoxy) is 2. The van der Waals surface area contributed by atoms with Crippen LogP contribution in [0, 0.1) is 11.8 Å². The number of hydrogen-bond donors (Lipinski definition) is 4. The molecule has 4 atom stereocenters. The summed E-state index contributed by atoms with van der Waals surface area (Å²) in [5, 5.41) is 12.4. The van der Waals surface area contributed by atoms with E-state index in [-0.39, 0.29) is 35.7 Å². The van der Waals surface area contributed by atoms with Crippen LogP contribution in [-0.4, -0.2) is 126 Å². The van der Waals surface area contributed by atoms with E-state index in [0.717, 1.165) is 75.4 Å². The van der Waals surface area contributed by atoms with E-state index in [2.05, 4.69) is 20.3 Å². The molecule has 6 heterocycles. The Morgan fingerprint density at radius 2 is 1.39 bits per heavy atom. The zero-order chi connectivity index (χ0) is 42.8. The summed E-state index contributed by atoms with van der Waals surface area (Å²) in [4.78, 5) is 82.2. The van der Waals surface area contributed by atoms with Crippen LogP contribution in [0.2, 0.25) is 0 Å². The summed E-state index contributed by atoms with van der Waals surface area (Å²) in [6, 6.07) is 11.8. The summed E-state index contributed by atoms with van der Waals surface area (Å²) >= 11 is 0. The van der Waals surface area contributed by atoms with Gasteiger partial charge in [0, 0.05) is 44.5 Å². The Bertz CT molecular complexity index is 2390. The molecular formula is C44H52N10O7. The Kier molecular flexibility index (Phi) is 12.0. The predicted molar refractivity (Wildman–Crippen MR) is 225 cm³/mol. The minimum Gasteiger partial charge on any atom is -0.465 e. The number of carbonyl (C=O) groups excluding carboxylic acids is 3. The molecule has 3 aromatic heterocycles. The van der Waals surface area contributed by atoms with E-state index in [9.17, 15) is 24.3 Å². The van der Waals surface area contributed by atoms with Crippen molar-refractivity contribution in [1.29, 1.82) is 0 Å². The van der Waals surface area contributed by atoms with Crippen LogP contribution >= 0.6 is 0 Å². The molecule has 0 radical (unpaired) electrons. The average molecular weight is 833 g/mol. The number of aromatic amines is 2. The van der Waals surface area contributed by atoms with Crippen molar-refractivity contribution in [3.05, 3.63) is 72.7 Å². The molecule has 8 rings (SSSR count). The Morgan fingerprint density at radius 3 is 2.00 bits per heavy atom. The molecular weight excluding hydrogens is 781 g/mol. The number of amides is 4. The van der Waals surface area contributed by atoms with Crippen molar-refractivity contribution in [1.82, 2.24) is 49.9 Å². The summed E-state index contributed by atoms with van der Waals surface area (Å²) in [6.07, 6.45) is 8.02. The lowest BCUT2D eigenvalue weighted by Gasteiger charge is -2.34. The molecule has 4 amide bonds. The lowest BCUT2D eigenvalue weighted by Crippen LogP contribution is -2.53. The highest BCUT2D eigenvalue weighted by atomic mass is 16.5. The number of fused-ring (bicyclic) bond motifs is 1. The molecule has 0 saturated carbocycles. The predicted octanol–water partition coefficient (Wildman–Crippen LogP) is 6.19. The van der Waals surface area contributed by atoms with E-state index in [1.54, 1.807) is 23.5 Å². The maximum Gasteiger partial charge on any atom is 0.407 e. The summed E-state index contributed by atoms with van der Waals surface area (Å²) in [5.74, 6) is 0.802. The molecule has 0 bridgehead atoms. The molecule has 17 heteroatoms. The highest BCUT2D eigenvalue weighted by Crippen LogP contribution is 2.36. The zero-order valence-electron chi connectivity index (χ0n) is 34.8. The summed E-state index contributed by atoms with van der Waals surface area (Å²) in [5.41, 5.74) is 6.49. The van der Waals surface area contributed by atoms with Crippen molar-refractivity contribution >= 4 is 35.0 Å². The normalized spacial score (nSPS) is 19.3. The number of rotatable bonds is 11. The highest BCUT2D eigenvalue weighted by molar-refractivity contribution is 5.87. The van der Waals surface area contributed by atoms with Crippen molar-refractivity contribution in [2.24, 2.45) is 11.8 Å². The van der Waals surface area contributed by atoms with Crippen LogP contribution in [0.5, 0.6) is 0 Å². The lowest BCUT2D eigenvalue weighted by molar-refractivity contribution is -0.138. The molecule has 5 aromatic rings. The first kappa shape index (κ1) is 41.4. The molecule has 3 aliphatic heterocycles. The second-order valence-corrected chi connectivity index (χ2v) is 16.4. The van der Waals surface area contributed by atoms with Gasteiger partial charge in [0.2, 0.25) is 11.8 Å². The second kappa shape index (κ2) is 17.7. The molecule has 1 unspecified atom stereocenters. The van der Waals surface area contributed by atoms with E-state index in [1.165, 1.54) is 14.2 Å². The Morgan fingerprint density at radius 1 is 0.803 bits per heavy atom. The number of imidazole rings is 2. The molecule has 4 N–H and O–H groups in total. The molecule has 2 aromatic carbocycles. The topological polar surface area (TPSA) is 212 Å². The van der Waals surface area contributed by atoms with Gasteiger partial charge in [-0.25, -0.2) is 24.5 Å². The van der Waals surface area contributed by atoms with Gasteiger partial charge in [0.15, 0.2) is 0 Å². The maximum absolute atomic E-state index is 14.0. The fourth-order valence-corrected chi connectivity index (χ4v) is 9.05. The van der Waals surface area contributed by atoms with Gasteiger partial charge in [-0.05, 0) is 68.1 Å². The molecule has 3 fully saturated rings. The lowest BCUT2D eigenvalue weighted by atomic mass is 9.90. The van der Waals surface area contributed by atoms with Crippen molar-refractivity contribution in [2.75, 3.05) is 40.5 Å². The number of methoxy groups -OCH3 is 1. The van der Waals surface area contributed by atoms with Gasteiger partial charge in [-0.3, -0.25) is 19.5 Å². The average Bonchev–Trinajstić information content (AvgIpc) is 4.12. The van der Waals surface area contributed by atoms with Gasteiger partial charge < -0.3 is 39.7 Å². The minimum absolute atomic E-state index is 0.0429. The van der Waals surface area contributed by atoms with Crippen LogP contribution in [0.25, 0.3) is 44.8 Å². The number of nitrogens with zero attached hydrogens (tertiary/aromatic N) is 7. The number of alkyl carbamates (subject to hydrolysis) is 1. The van der Waals surface area contributed by atoms with Crippen molar-refractivity contribution in [2.45, 2.75) is 76.5 Å². The first-order chi connectivity index (χ1) is 29.5. The number of nitrogens with one attached hydrogen (secondary N) is 3. The molecule has 320 valence electrons. The number of H-pyrrole nitrogens is 2. The fourth-order valence-electron chi connectivity index (χ4n) is 9.05. The standard InChI is InChI=1S/C44H52N10O7/c1-25(2)38(52(3)44(58)59)42(56)54-18-6-8-36(54)40-46-23-33(49-40)27-11-9-26(10-12-27)32-22-45-31-21-29(13-14-30(31)48-32)34-24-47-39(50-34)35-7-5-17-53(35)41(55)37(51-43(57)60-4)28-15-19-61-20-16-28/h9-14,21-25,28,35-38H,5-8,15-20H2,1-4H3,(H,46,49)(H,47,50)(H,51,57)(H,58,59)/t35-,36-,37?,38-/m0/s1. The third-order valence-corrected chi connectivity index (χ3v) is 12.3. The Balaban J connectivity index is 0.941. The van der Waals surface area contributed by atoms with Crippen LogP contribution in [0.3, 0.4) is 0 Å². The minimum atomic E-state index is -1.13. The largest absolute Gasteiger partial charge is 0.465 e. The first-order valence-electron chi connectivity index (χ1n) is 21.0. The van der Waals surface area contributed by atoms with E-state index >= 15 is 0 Å². The van der Waals surface area contributed by atoms with Gasteiger partial charge in [-0.2, -0.15) is 0 Å². The van der Waals surface area contributed by atoms with Gasteiger partial charge in [0.25, 0.3) is 0 Å². The fraction of sp³-hybridized carbons (Fsp3) is 0.455. The van der Waals surface area contributed by atoms with Crippen molar-refractivity contribution in [3.63, 3.8) is 0 Å². The van der Waals surface area contributed by atoms with Crippen LogP contribution < -0.4 is 5.32 Å². The number of carboxylic acid groups (broad SMARTS) is 1. The number of carbonyl (C=O) groups is 4. The van der Waals surface area contributed by atoms with Gasteiger partial charge in [-0.15, -0.1) is 0 Å². The smallest absolute Gasteiger partial charge is 0.407 e. The number of hydrogen-bond acceptors (Lipinski definition) is 10. The number of likely N-dealkylation sites (tertiary alicyclic amines) is 2. The summed E-state index contributed by atoms with van der Waals surface area (Å²) in [7, 11) is 2.74. The van der Waals surface area contributed by atoms with E-state index in [1.807, 2.05) is 61.2 Å². The molecule has 61 heavy (non-hydrogen) atoms. The monoisotopic (exact) mass is 832 g/mol. The quantitative estimate of drug-likeness (QED) is 0.118. The molecule has 0 aliphatic carbocycles. The Labute approximate surface area is 353 Å². The van der Waals surface area contributed by atoms with E-state index < -0.39 is 24.3 Å².